The highest BCUT2D eigenvalue weighted by atomic mass is 16.5. The first-order chi connectivity index (χ1) is 19.4. The summed E-state index contributed by atoms with van der Waals surface area (Å²) in [5, 5.41) is 5.33. The molecule has 3 aliphatic rings. The van der Waals surface area contributed by atoms with E-state index in [1.165, 1.54) is 4.90 Å². The molecule has 1 saturated heterocycles. The Kier molecular flexibility index (Phi) is 9.80. The molecule has 0 aromatic heterocycles. The number of terminal acetylenes is 1. The van der Waals surface area contributed by atoms with Crippen molar-refractivity contribution in [3.05, 3.63) is 0 Å². The molecule has 6 atom stereocenters. The molecule has 3 fully saturated rings. The number of nitrogens with one attached hydrogen (secondary N) is 2. The second-order valence-corrected chi connectivity index (χ2v) is 14.1. The van der Waals surface area contributed by atoms with Crippen molar-refractivity contribution in [1.29, 1.82) is 0 Å². The number of carbonyl (C=O) groups excluding carboxylic acids is 6. The minimum atomic E-state index is -1.05. The van der Waals surface area contributed by atoms with E-state index in [0.29, 0.717) is 18.9 Å². The number of carbonyl (C=O) groups is 6. The van der Waals surface area contributed by atoms with Crippen LogP contribution in [0.1, 0.15) is 74.1 Å². The Morgan fingerprint density at radius 2 is 1.71 bits per heavy atom. The second kappa shape index (κ2) is 12.4. The molecule has 0 aromatic rings. The second-order valence-electron chi connectivity index (χ2n) is 14.1. The summed E-state index contributed by atoms with van der Waals surface area (Å²) in [6.07, 6.45) is 7.34. The van der Waals surface area contributed by atoms with Crippen molar-refractivity contribution in [3.8, 4) is 12.3 Å². The Hall–Kier alpha value is -3.42. The maximum absolute atomic E-state index is 14.1. The normalized spacial score (nSPS) is 24.5. The number of rotatable bonds is 13. The number of amides is 4. The number of fused-ring (bicyclic) bond motifs is 1. The van der Waals surface area contributed by atoms with Crippen molar-refractivity contribution in [2.24, 2.45) is 46.2 Å². The summed E-state index contributed by atoms with van der Waals surface area (Å²) < 4.78 is 5.00. The Balaban J connectivity index is 1.81. The van der Waals surface area contributed by atoms with E-state index in [0.717, 1.165) is 12.8 Å². The zero-order chi connectivity index (χ0) is 31.7. The van der Waals surface area contributed by atoms with Crippen molar-refractivity contribution in [1.82, 2.24) is 15.5 Å². The highest BCUT2D eigenvalue weighted by Crippen LogP contribution is 2.65. The summed E-state index contributed by atoms with van der Waals surface area (Å²) >= 11 is 0. The fraction of sp³-hybridized carbons (Fsp3) is 0.742. The molecule has 4 N–H and O–H groups in total. The maximum atomic E-state index is 14.1. The lowest BCUT2D eigenvalue weighted by Gasteiger charge is -2.38. The molecule has 1 unspecified atom stereocenters. The molecule has 11 nitrogen and oxygen atoms in total. The van der Waals surface area contributed by atoms with Crippen LogP contribution in [0.4, 0.5) is 4.79 Å². The van der Waals surface area contributed by atoms with E-state index >= 15 is 0 Å². The van der Waals surface area contributed by atoms with Crippen molar-refractivity contribution in [2.45, 2.75) is 92.3 Å². The Labute approximate surface area is 248 Å². The van der Waals surface area contributed by atoms with Gasteiger partial charge in [0.15, 0.2) is 12.4 Å². The molecule has 0 bridgehead atoms. The smallest absolute Gasteiger partial charge is 0.329 e. The van der Waals surface area contributed by atoms with E-state index in [-0.39, 0.29) is 42.0 Å². The third-order valence-corrected chi connectivity index (χ3v) is 9.09. The molecule has 1 heterocycles. The van der Waals surface area contributed by atoms with Crippen LogP contribution in [0.15, 0.2) is 0 Å². The Bertz CT molecular complexity index is 1160. The SMILES string of the molecule is C#CCOC(=O)[C@@H](NC(=O)N[C@H](C(=O)N1C[C@H]2[C@@H]([C@H]1C(=O)CC(CC1CC1)C(=O)C(N)=O)C2(C)C)C(C)(C)C)C(C)C. The molecule has 11 heteroatoms. The minimum Gasteiger partial charge on any atom is -0.451 e. The average Bonchev–Trinajstić information content (AvgIpc) is 3.74. The number of hydrogen-bond donors (Lipinski definition) is 3. The van der Waals surface area contributed by atoms with Gasteiger partial charge in [0.1, 0.15) is 12.1 Å². The van der Waals surface area contributed by atoms with Gasteiger partial charge in [0.2, 0.25) is 11.7 Å². The van der Waals surface area contributed by atoms with Gasteiger partial charge in [-0.2, -0.15) is 0 Å². The standard InChI is InChI=1S/C31H46N4O7/c1-9-12-42-28(40)22(16(2)3)33-29(41)34-25(30(4,5)6)27(39)35-15-19-21(31(19,7)8)23(35)20(36)14-18(13-17-10-11-17)24(37)26(32)38/h1,16-19,21-23,25H,10-15H2,2-8H3,(H2,32,38)(H2,33,34,41)/t18?,19-,21-,22-,23+,25+/m0/s1. The summed E-state index contributed by atoms with van der Waals surface area (Å²) in [5.41, 5.74) is 4.38. The molecule has 42 heavy (non-hydrogen) atoms. The fourth-order valence-electron chi connectivity index (χ4n) is 6.32. The highest BCUT2D eigenvalue weighted by molar-refractivity contribution is 6.36. The number of Topliss-reactive ketones (excluding diaryl/α,β-unsaturated/α-hetero) is 2. The van der Waals surface area contributed by atoms with Crippen LogP contribution in [0.3, 0.4) is 0 Å². The van der Waals surface area contributed by atoms with Crippen molar-refractivity contribution in [3.63, 3.8) is 0 Å². The molecule has 1 aliphatic heterocycles. The summed E-state index contributed by atoms with van der Waals surface area (Å²) in [6, 6.07) is -3.53. The lowest BCUT2D eigenvalue weighted by Crippen LogP contribution is -2.61. The van der Waals surface area contributed by atoms with Gasteiger partial charge in [-0.3, -0.25) is 19.2 Å². The third-order valence-electron chi connectivity index (χ3n) is 9.09. The molecular formula is C31H46N4O7. The van der Waals surface area contributed by atoms with E-state index in [4.69, 9.17) is 16.9 Å². The molecule has 0 aromatic carbocycles. The number of likely N-dealkylation sites (tertiary alicyclic amines) is 1. The third kappa shape index (κ3) is 7.31. The molecule has 3 rings (SSSR count). The van der Waals surface area contributed by atoms with Gasteiger partial charge < -0.3 is 26.0 Å². The van der Waals surface area contributed by atoms with Gasteiger partial charge in [-0.05, 0) is 40.9 Å². The van der Waals surface area contributed by atoms with Gasteiger partial charge in [0.05, 0.1) is 6.04 Å². The van der Waals surface area contributed by atoms with Crippen LogP contribution in [0, 0.1) is 52.8 Å². The largest absolute Gasteiger partial charge is 0.451 e. The fourth-order valence-corrected chi connectivity index (χ4v) is 6.32. The van der Waals surface area contributed by atoms with Gasteiger partial charge in [0.25, 0.3) is 5.91 Å². The van der Waals surface area contributed by atoms with Gasteiger partial charge in [-0.15, -0.1) is 6.42 Å². The predicted molar refractivity (Wildman–Crippen MR) is 154 cm³/mol. The lowest BCUT2D eigenvalue weighted by atomic mass is 9.84. The number of esters is 1. The quantitative estimate of drug-likeness (QED) is 0.168. The Morgan fingerprint density at radius 1 is 1.10 bits per heavy atom. The minimum absolute atomic E-state index is 0.0924. The van der Waals surface area contributed by atoms with Gasteiger partial charge in [-0.25, -0.2) is 9.59 Å². The Morgan fingerprint density at radius 3 is 2.21 bits per heavy atom. The van der Waals surface area contributed by atoms with E-state index in [9.17, 15) is 28.8 Å². The summed E-state index contributed by atoms with van der Waals surface area (Å²) in [7, 11) is 0. The molecule has 232 valence electrons. The maximum Gasteiger partial charge on any atom is 0.329 e. The summed E-state index contributed by atoms with van der Waals surface area (Å²) in [4.78, 5) is 79.3. The van der Waals surface area contributed by atoms with Crippen LogP contribution in [-0.4, -0.2) is 71.6 Å². The van der Waals surface area contributed by atoms with Crippen molar-refractivity contribution < 1.29 is 33.5 Å². The number of ketones is 2. The molecule has 2 aliphatic carbocycles. The van der Waals surface area contributed by atoms with Crippen LogP contribution in [0.5, 0.6) is 0 Å². The van der Waals surface area contributed by atoms with E-state index in [2.05, 4.69) is 30.4 Å². The van der Waals surface area contributed by atoms with Gasteiger partial charge in [0, 0.05) is 18.9 Å². The van der Waals surface area contributed by atoms with Crippen LogP contribution in [-0.2, 0) is 28.7 Å². The van der Waals surface area contributed by atoms with Crippen LogP contribution < -0.4 is 16.4 Å². The summed E-state index contributed by atoms with van der Waals surface area (Å²) in [6.45, 7) is 13.1. The number of hydrogen-bond acceptors (Lipinski definition) is 7. The predicted octanol–water partition coefficient (Wildman–Crippen LogP) is 1.81. The highest BCUT2D eigenvalue weighted by Gasteiger charge is 2.69. The van der Waals surface area contributed by atoms with E-state index < -0.39 is 59.1 Å². The van der Waals surface area contributed by atoms with E-state index in [1.807, 2.05) is 0 Å². The van der Waals surface area contributed by atoms with Crippen LogP contribution in [0.2, 0.25) is 0 Å². The van der Waals surface area contributed by atoms with Gasteiger partial charge >= 0.3 is 12.0 Å². The number of primary amides is 1. The van der Waals surface area contributed by atoms with Crippen molar-refractivity contribution >= 4 is 35.4 Å². The average molecular weight is 587 g/mol. The first kappa shape index (κ1) is 33.1. The molecular weight excluding hydrogens is 540 g/mol. The number of nitrogens with two attached hydrogens (primary N) is 1. The monoisotopic (exact) mass is 586 g/mol. The number of urea groups is 1. The van der Waals surface area contributed by atoms with Gasteiger partial charge in [-0.1, -0.05) is 67.2 Å². The first-order valence-corrected chi connectivity index (χ1v) is 14.8. The first-order valence-electron chi connectivity index (χ1n) is 14.8. The zero-order valence-electron chi connectivity index (χ0n) is 25.8. The zero-order valence-corrected chi connectivity index (χ0v) is 25.8. The van der Waals surface area contributed by atoms with Crippen LogP contribution in [0.25, 0.3) is 0 Å². The summed E-state index contributed by atoms with van der Waals surface area (Å²) in [5.74, 6) is -1.78. The van der Waals surface area contributed by atoms with E-state index in [1.54, 1.807) is 34.6 Å². The topological polar surface area (TPSA) is 165 Å². The molecule has 4 amide bonds. The van der Waals surface area contributed by atoms with Crippen molar-refractivity contribution in [2.75, 3.05) is 13.2 Å². The van der Waals surface area contributed by atoms with Crippen LogP contribution >= 0.6 is 0 Å². The lowest BCUT2D eigenvalue weighted by molar-refractivity contribution is -0.145. The molecule has 0 spiro atoms. The number of nitrogens with zero attached hydrogens (tertiary/aromatic N) is 1. The molecule has 0 radical (unpaired) electrons. The number of piperidine rings is 1. The number of ether oxygens (including phenoxy) is 1. The molecule has 2 saturated carbocycles.